The summed E-state index contributed by atoms with van der Waals surface area (Å²) < 4.78 is 0. The van der Waals surface area contributed by atoms with E-state index in [4.69, 9.17) is 11.6 Å². The third kappa shape index (κ3) is 3.45. The van der Waals surface area contributed by atoms with Gasteiger partial charge in [-0.2, -0.15) is 0 Å². The van der Waals surface area contributed by atoms with Crippen molar-refractivity contribution in [3.63, 3.8) is 0 Å². The number of aliphatic hydroxyl groups excluding tert-OH is 1. The van der Waals surface area contributed by atoms with Crippen LogP contribution in [0.3, 0.4) is 0 Å². The smallest absolute Gasteiger partial charge is 0.131 e. The molecule has 0 saturated heterocycles. The first-order chi connectivity index (χ1) is 8.65. The van der Waals surface area contributed by atoms with Crippen molar-refractivity contribution in [1.82, 2.24) is 4.98 Å². The molecule has 2 N–H and O–H groups in total. The second-order valence-electron chi connectivity index (χ2n) is 4.18. The van der Waals surface area contributed by atoms with E-state index < -0.39 is 6.10 Å². The summed E-state index contributed by atoms with van der Waals surface area (Å²) in [5.74, 6) is 0. The van der Waals surface area contributed by atoms with Crippen molar-refractivity contribution in [3.8, 4) is 0 Å². The summed E-state index contributed by atoms with van der Waals surface area (Å²) in [6.07, 6.45) is 1.08. The van der Waals surface area contributed by atoms with E-state index in [-0.39, 0.29) is 0 Å². The number of benzene rings is 1. The lowest BCUT2D eigenvalue weighted by atomic mass is 10.1. The Hall–Kier alpha value is -1.58. The van der Waals surface area contributed by atoms with Gasteiger partial charge in [0.2, 0.25) is 0 Å². The van der Waals surface area contributed by atoms with Gasteiger partial charge in [0.15, 0.2) is 0 Å². The van der Waals surface area contributed by atoms with Crippen molar-refractivity contribution in [1.29, 1.82) is 0 Å². The van der Waals surface area contributed by atoms with Crippen LogP contribution in [0.4, 0.5) is 5.69 Å². The van der Waals surface area contributed by atoms with Crippen LogP contribution in [0.5, 0.6) is 0 Å². The summed E-state index contributed by atoms with van der Waals surface area (Å²) in [5.41, 5.74) is 2.89. The largest absolute Gasteiger partial charge is 0.387 e. The summed E-state index contributed by atoms with van der Waals surface area (Å²) in [6.45, 7) is 2.44. The van der Waals surface area contributed by atoms with Gasteiger partial charge in [-0.1, -0.05) is 41.4 Å². The van der Waals surface area contributed by atoms with Crippen LogP contribution in [-0.4, -0.2) is 16.6 Å². The van der Waals surface area contributed by atoms with Crippen LogP contribution in [0, 0.1) is 6.92 Å². The van der Waals surface area contributed by atoms with Crippen molar-refractivity contribution in [2.45, 2.75) is 13.0 Å². The zero-order chi connectivity index (χ0) is 13.0. The van der Waals surface area contributed by atoms with Crippen molar-refractivity contribution in [2.24, 2.45) is 0 Å². The van der Waals surface area contributed by atoms with Gasteiger partial charge >= 0.3 is 0 Å². The van der Waals surface area contributed by atoms with Gasteiger partial charge in [0, 0.05) is 18.4 Å². The highest BCUT2D eigenvalue weighted by atomic mass is 35.5. The minimum atomic E-state index is -0.545. The van der Waals surface area contributed by atoms with Crippen molar-refractivity contribution in [2.75, 3.05) is 11.9 Å². The number of aryl methyl sites for hydroxylation is 1. The van der Waals surface area contributed by atoms with Crippen LogP contribution >= 0.6 is 11.6 Å². The molecule has 0 radical (unpaired) electrons. The molecule has 1 atom stereocenters. The van der Waals surface area contributed by atoms with Gasteiger partial charge in [-0.15, -0.1) is 0 Å². The van der Waals surface area contributed by atoms with Crippen LogP contribution in [0.25, 0.3) is 0 Å². The number of halogens is 1. The normalized spacial score (nSPS) is 12.2. The number of anilines is 1. The van der Waals surface area contributed by atoms with Crippen molar-refractivity contribution in [3.05, 3.63) is 58.9 Å². The fraction of sp³-hybridized carbons (Fsp3) is 0.214. The Kier molecular flexibility index (Phi) is 4.18. The lowest BCUT2D eigenvalue weighted by molar-refractivity contribution is 0.191. The Morgan fingerprint density at radius 3 is 2.89 bits per heavy atom. The quantitative estimate of drug-likeness (QED) is 0.832. The summed E-state index contributed by atoms with van der Waals surface area (Å²) in [6, 6.07) is 11.4. The zero-order valence-electron chi connectivity index (χ0n) is 10.1. The monoisotopic (exact) mass is 262 g/mol. The molecule has 0 bridgehead atoms. The van der Waals surface area contributed by atoms with Gasteiger partial charge in [-0.05, 0) is 24.6 Å². The van der Waals surface area contributed by atoms with Gasteiger partial charge in [-0.3, -0.25) is 0 Å². The lowest BCUT2D eigenvalue weighted by Crippen LogP contribution is -2.12. The molecule has 0 aliphatic rings. The predicted molar refractivity (Wildman–Crippen MR) is 73.9 cm³/mol. The third-order valence-corrected chi connectivity index (χ3v) is 2.86. The average molecular weight is 263 g/mol. The lowest BCUT2D eigenvalue weighted by Gasteiger charge is -2.13. The number of aromatic nitrogens is 1. The van der Waals surface area contributed by atoms with Crippen molar-refractivity contribution >= 4 is 17.3 Å². The average Bonchev–Trinajstić information content (AvgIpc) is 2.36. The fourth-order valence-corrected chi connectivity index (χ4v) is 1.90. The van der Waals surface area contributed by atoms with E-state index in [2.05, 4.69) is 10.3 Å². The van der Waals surface area contributed by atoms with Gasteiger partial charge in [0.05, 0.1) is 6.10 Å². The molecule has 0 saturated carbocycles. The first kappa shape index (κ1) is 12.9. The zero-order valence-corrected chi connectivity index (χ0v) is 10.9. The first-order valence-corrected chi connectivity index (χ1v) is 6.13. The number of rotatable bonds is 4. The molecule has 2 aromatic rings. The molecule has 18 heavy (non-hydrogen) atoms. The maximum atomic E-state index is 10.1. The Labute approximate surface area is 111 Å². The number of nitrogens with one attached hydrogen (secondary N) is 1. The van der Waals surface area contributed by atoms with E-state index in [9.17, 15) is 5.11 Å². The van der Waals surface area contributed by atoms with E-state index >= 15 is 0 Å². The highest BCUT2D eigenvalue weighted by molar-refractivity contribution is 6.29. The molecule has 1 unspecified atom stereocenters. The predicted octanol–water partition coefficient (Wildman–Crippen LogP) is 3.19. The number of hydrogen-bond donors (Lipinski definition) is 2. The Bertz CT molecular complexity index is 531. The minimum Gasteiger partial charge on any atom is -0.387 e. The van der Waals surface area contributed by atoms with Gasteiger partial charge < -0.3 is 10.4 Å². The van der Waals surface area contributed by atoms with Crippen LogP contribution in [-0.2, 0) is 0 Å². The molecular weight excluding hydrogens is 248 g/mol. The molecule has 1 heterocycles. The van der Waals surface area contributed by atoms with E-state index in [1.54, 1.807) is 12.3 Å². The molecule has 0 aliphatic heterocycles. The van der Waals surface area contributed by atoms with E-state index in [1.165, 1.54) is 0 Å². The molecule has 0 fully saturated rings. The van der Waals surface area contributed by atoms with Crippen LogP contribution in [0.2, 0.25) is 5.15 Å². The molecule has 2 rings (SSSR count). The van der Waals surface area contributed by atoms with Crippen LogP contribution < -0.4 is 5.32 Å². The van der Waals surface area contributed by atoms with E-state index in [0.717, 1.165) is 16.8 Å². The van der Waals surface area contributed by atoms with E-state index in [1.807, 2.05) is 37.3 Å². The molecule has 0 aliphatic carbocycles. The van der Waals surface area contributed by atoms with Crippen LogP contribution in [0.15, 0.2) is 42.6 Å². The second kappa shape index (κ2) is 5.85. The van der Waals surface area contributed by atoms with Gasteiger partial charge in [0.25, 0.3) is 0 Å². The number of pyridine rings is 1. The number of hydrogen-bond acceptors (Lipinski definition) is 3. The van der Waals surface area contributed by atoms with E-state index in [0.29, 0.717) is 11.7 Å². The summed E-state index contributed by atoms with van der Waals surface area (Å²) in [7, 11) is 0. The third-order valence-electron chi connectivity index (χ3n) is 2.65. The molecule has 94 valence electrons. The summed E-state index contributed by atoms with van der Waals surface area (Å²) in [4.78, 5) is 3.90. The first-order valence-electron chi connectivity index (χ1n) is 5.75. The summed E-state index contributed by atoms with van der Waals surface area (Å²) in [5, 5.41) is 13.6. The highest BCUT2D eigenvalue weighted by Gasteiger charge is 2.07. The number of aliphatic hydroxyl groups is 1. The molecule has 1 aromatic carbocycles. The molecule has 0 spiro atoms. The molecule has 4 heteroatoms. The molecule has 3 nitrogen and oxygen atoms in total. The standard InChI is InChI=1S/C14H15ClN2O/c1-10-3-2-4-11(7-10)13(18)9-17-12-5-6-16-14(15)8-12/h2-8,13,18H,9H2,1H3,(H,16,17). The second-order valence-corrected chi connectivity index (χ2v) is 4.57. The fourth-order valence-electron chi connectivity index (χ4n) is 1.72. The van der Waals surface area contributed by atoms with Gasteiger partial charge in [0.1, 0.15) is 5.15 Å². The van der Waals surface area contributed by atoms with Crippen LogP contribution in [0.1, 0.15) is 17.2 Å². The van der Waals surface area contributed by atoms with Crippen molar-refractivity contribution < 1.29 is 5.11 Å². The topological polar surface area (TPSA) is 45.1 Å². The minimum absolute atomic E-state index is 0.434. The SMILES string of the molecule is Cc1cccc(C(O)CNc2ccnc(Cl)c2)c1. The summed E-state index contributed by atoms with van der Waals surface area (Å²) >= 11 is 5.78. The highest BCUT2D eigenvalue weighted by Crippen LogP contribution is 2.17. The number of nitrogens with zero attached hydrogens (tertiary/aromatic N) is 1. The Morgan fingerprint density at radius 1 is 1.33 bits per heavy atom. The maximum Gasteiger partial charge on any atom is 0.131 e. The Balaban J connectivity index is 1.98. The Morgan fingerprint density at radius 2 is 2.17 bits per heavy atom. The van der Waals surface area contributed by atoms with Gasteiger partial charge in [-0.25, -0.2) is 4.98 Å². The molecule has 1 aromatic heterocycles. The molecular formula is C14H15ClN2O. The molecule has 0 amide bonds. The maximum absolute atomic E-state index is 10.1.